The molecule has 3 aromatic carbocycles. The smallest absolute Gasteiger partial charge is 0.266 e. The average Bonchev–Trinajstić information content (AvgIpc) is 3.16. The Labute approximate surface area is 184 Å². The van der Waals surface area contributed by atoms with Crippen LogP contribution in [0.1, 0.15) is 16.7 Å². The van der Waals surface area contributed by atoms with Gasteiger partial charge in [0.05, 0.1) is 11.6 Å². The molecular weight excluding hydrogens is 403 g/mol. The Balaban J connectivity index is 1.70. The van der Waals surface area contributed by atoms with Gasteiger partial charge in [0.25, 0.3) is 5.91 Å². The number of halogens is 1. The van der Waals surface area contributed by atoms with E-state index in [2.05, 4.69) is 11.4 Å². The van der Waals surface area contributed by atoms with Crippen molar-refractivity contribution in [1.29, 1.82) is 10.5 Å². The van der Waals surface area contributed by atoms with Crippen LogP contribution in [0.5, 0.6) is 0 Å². The van der Waals surface area contributed by atoms with Crippen molar-refractivity contribution < 1.29 is 9.18 Å². The predicted octanol–water partition coefficient (Wildman–Crippen LogP) is 5.25. The molecule has 0 fully saturated rings. The van der Waals surface area contributed by atoms with Crippen molar-refractivity contribution in [3.05, 3.63) is 107 Å². The second-order valence-electron chi connectivity index (χ2n) is 7.13. The molecule has 1 heterocycles. The molecule has 0 aliphatic carbocycles. The van der Waals surface area contributed by atoms with Crippen molar-refractivity contribution in [2.24, 2.45) is 0 Å². The quantitative estimate of drug-likeness (QED) is 0.354. The summed E-state index contributed by atoms with van der Waals surface area (Å²) in [5.74, 6) is -0.990. The Morgan fingerprint density at radius 3 is 2.47 bits per heavy atom. The summed E-state index contributed by atoms with van der Waals surface area (Å²) in [5.41, 5.74) is 3.42. The second-order valence-corrected chi connectivity index (χ2v) is 7.13. The van der Waals surface area contributed by atoms with E-state index >= 15 is 0 Å². The molecule has 1 aromatic heterocycles. The molecule has 0 aliphatic heterocycles. The summed E-state index contributed by atoms with van der Waals surface area (Å²) in [4.78, 5) is 12.6. The van der Waals surface area contributed by atoms with Crippen LogP contribution in [0.25, 0.3) is 17.0 Å². The number of hydrogen-bond donors (Lipinski definition) is 1. The van der Waals surface area contributed by atoms with Crippen LogP contribution in [0.4, 0.5) is 10.1 Å². The number of aromatic nitrogens is 1. The fourth-order valence-corrected chi connectivity index (χ4v) is 3.51. The number of nitrogens with zero attached hydrogens (tertiary/aromatic N) is 3. The molecule has 32 heavy (non-hydrogen) atoms. The van der Waals surface area contributed by atoms with Crippen molar-refractivity contribution in [2.45, 2.75) is 6.54 Å². The molecule has 0 spiro atoms. The normalized spacial score (nSPS) is 11.0. The fraction of sp³-hybridized carbons (Fsp3) is 0.0385. The lowest BCUT2D eigenvalue weighted by atomic mass is 10.1. The highest BCUT2D eigenvalue weighted by Gasteiger charge is 2.14. The van der Waals surface area contributed by atoms with Crippen LogP contribution >= 0.6 is 0 Å². The molecule has 1 N–H and O–H groups in total. The Kier molecular flexibility index (Phi) is 5.78. The van der Waals surface area contributed by atoms with Gasteiger partial charge in [0.1, 0.15) is 17.5 Å². The summed E-state index contributed by atoms with van der Waals surface area (Å²) in [6.45, 7) is 0.474. The van der Waals surface area contributed by atoms with Crippen LogP contribution in [0.3, 0.4) is 0 Å². The Hall–Kier alpha value is -4.68. The lowest BCUT2D eigenvalue weighted by Gasteiger charge is -2.07. The van der Waals surface area contributed by atoms with Crippen LogP contribution in [0.2, 0.25) is 0 Å². The van der Waals surface area contributed by atoms with Crippen LogP contribution < -0.4 is 5.32 Å². The SMILES string of the molecule is N#C/C(=C/c1cn(Cc2ccccc2C#N)c2ccccc12)C(=O)Nc1ccc(F)cc1. The van der Waals surface area contributed by atoms with E-state index in [1.807, 2.05) is 59.3 Å². The Morgan fingerprint density at radius 1 is 1.00 bits per heavy atom. The first kappa shape index (κ1) is 20.6. The maximum Gasteiger partial charge on any atom is 0.266 e. The number of rotatable bonds is 5. The van der Waals surface area contributed by atoms with E-state index in [0.717, 1.165) is 16.5 Å². The number of fused-ring (bicyclic) bond motifs is 1. The summed E-state index contributed by atoms with van der Waals surface area (Å²) in [7, 11) is 0. The Morgan fingerprint density at radius 2 is 1.72 bits per heavy atom. The minimum Gasteiger partial charge on any atom is -0.342 e. The predicted molar refractivity (Wildman–Crippen MR) is 121 cm³/mol. The van der Waals surface area contributed by atoms with Gasteiger partial charge in [-0.15, -0.1) is 0 Å². The third kappa shape index (κ3) is 4.26. The van der Waals surface area contributed by atoms with Gasteiger partial charge in [-0.05, 0) is 48.0 Å². The number of anilines is 1. The zero-order valence-corrected chi connectivity index (χ0v) is 16.9. The number of benzene rings is 3. The van der Waals surface area contributed by atoms with Crippen molar-refractivity contribution in [3.63, 3.8) is 0 Å². The molecule has 0 atom stereocenters. The summed E-state index contributed by atoms with van der Waals surface area (Å²) in [6.07, 6.45) is 3.40. The van der Waals surface area contributed by atoms with Gasteiger partial charge in [0.2, 0.25) is 0 Å². The summed E-state index contributed by atoms with van der Waals surface area (Å²) < 4.78 is 15.1. The molecule has 6 heteroatoms. The molecule has 0 aliphatic rings. The van der Waals surface area contributed by atoms with Crippen molar-refractivity contribution in [2.75, 3.05) is 5.32 Å². The largest absolute Gasteiger partial charge is 0.342 e. The van der Waals surface area contributed by atoms with Gasteiger partial charge in [0.15, 0.2) is 0 Å². The number of carbonyl (C=O) groups is 1. The van der Waals surface area contributed by atoms with E-state index in [-0.39, 0.29) is 5.57 Å². The van der Waals surface area contributed by atoms with Crippen molar-refractivity contribution in [1.82, 2.24) is 4.57 Å². The maximum absolute atomic E-state index is 13.1. The monoisotopic (exact) mass is 420 g/mol. The highest BCUT2D eigenvalue weighted by atomic mass is 19.1. The number of para-hydroxylation sites is 1. The zero-order chi connectivity index (χ0) is 22.5. The molecule has 4 aromatic rings. The summed E-state index contributed by atoms with van der Waals surface area (Å²) in [5, 5.41) is 22.5. The minimum absolute atomic E-state index is 0.0744. The van der Waals surface area contributed by atoms with Gasteiger partial charge >= 0.3 is 0 Å². The number of hydrogen-bond acceptors (Lipinski definition) is 3. The second kappa shape index (κ2) is 8.99. The lowest BCUT2D eigenvalue weighted by Crippen LogP contribution is -2.13. The van der Waals surface area contributed by atoms with E-state index in [0.29, 0.717) is 23.4 Å². The molecular formula is C26H17FN4O. The van der Waals surface area contributed by atoms with E-state index in [1.54, 1.807) is 6.07 Å². The Bertz CT molecular complexity index is 1420. The highest BCUT2D eigenvalue weighted by Crippen LogP contribution is 2.25. The van der Waals surface area contributed by atoms with Gasteiger partial charge in [-0.25, -0.2) is 4.39 Å². The van der Waals surface area contributed by atoms with E-state index in [4.69, 9.17) is 0 Å². The molecule has 0 saturated heterocycles. The van der Waals surface area contributed by atoms with Gasteiger partial charge in [-0.3, -0.25) is 4.79 Å². The van der Waals surface area contributed by atoms with E-state index < -0.39 is 11.7 Å². The first-order valence-electron chi connectivity index (χ1n) is 9.83. The standard InChI is InChI=1S/C26H17FN4O/c27-22-9-11-23(12-10-22)30-26(32)20(15-29)13-21-17-31(25-8-4-3-7-24(21)25)16-19-6-2-1-5-18(19)14-28/h1-13,17H,16H2,(H,30,32)/b20-13-. The van der Waals surface area contributed by atoms with Gasteiger partial charge in [0, 0.05) is 34.9 Å². The third-order valence-electron chi connectivity index (χ3n) is 5.06. The van der Waals surface area contributed by atoms with Gasteiger partial charge < -0.3 is 9.88 Å². The molecule has 154 valence electrons. The van der Waals surface area contributed by atoms with Crippen LogP contribution in [0, 0.1) is 28.5 Å². The van der Waals surface area contributed by atoms with E-state index in [1.165, 1.54) is 30.3 Å². The number of amides is 1. The molecule has 5 nitrogen and oxygen atoms in total. The first-order chi connectivity index (χ1) is 15.6. The zero-order valence-electron chi connectivity index (χ0n) is 16.9. The van der Waals surface area contributed by atoms with Crippen LogP contribution in [0.15, 0.2) is 84.6 Å². The first-order valence-corrected chi connectivity index (χ1v) is 9.83. The molecule has 0 radical (unpaired) electrons. The topological polar surface area (TPSA) is 81.6 Å². The molecule has 4 rings (SSSR count). The highest BCUT2D eigenvalue weighted by molar-refractivity contribution is 6.10. The maximum atomic E-state index is 13.1. The van der Waals surface area contributed by atoms with E-state index in [9.17, 15) is 19.7 Å². The molecule has 0 saturated carbocycles. The average molecular weight is 420 g/mol. The lowest BCUT2D eigenvalue weighted by molar-refractivity contribution is -0.112. The van der Waals surface area contributed by atoms with Gasteiger partial charge in [-0.2, -0.15) is 10.5 Å². The number of carbonyl (C=O) groups excluding carboxylic acids is 1. The van der Waals surface area contributed by atoms with Crippen LogP contribution in [-0.2, 0) is 11.3 Å². The summed E-state index contributed by atoms with van der Waals surface area (Å²) in [6, 6.07) is 24.5. The number of nitriles is 2. The minimum atomic E-state index is -0.578. The number of nitrogens with one attached hydrogen (secondary N) is 1. The van der Waals surface area contributed by atoms with Crippen molar-refractivity contribution in [3.8, 4) is 12.1 Å². The van der Waals surface area contributed by atoms with Gasteiger partial charge in [-0.1, -0.05) is 36.4 Å². The fourth-order valence-electron chi connectivity index (χ4n) is 3.51. The third-order valence-corrected chi connectivity index (χ3v) is 5.06. The summed E-state index contributed by atoms with van der Waals surface area (Å²) >= 11 is 0. The molecule has 0 bridgehead atoms. The molecule has 0 unspecified atom stereocenters. The van der Waals surface area contributed by atoms with Crippen LogP contribution in [-0.4, -0.2) is 10.5 Å². The van der Waals surface area contributed by atoms with Crippen molar-refractivity contribution >= 4 is 28.6 Å². The molecule has 1 amide bonds.